The van der Waals surface area contributed by atoms with Gasteiger partial charge in [0.1, 0.15) is 11.9 Å². The summed E-state index contributed by atoms with van der Waals surface area (Å²) in [6, 6.07) is 28.0. The van der Waals surface area contributed by atoms with E-state index < -0.39 is 0 Å². The van der Waals surface area contributed by atoms with Gasteiger partial charge in [-0.05, 0) is 48.6 Å². The van der Waals surface area contributed by atoms with Gasteiger partial charge in [-0.3, -0.25) is 4.90 Å². The molecule has 1 unspecified atom stereocenters. The van der Waals surface area contributed by atoms with E-state index in [-0.39, 0.29) is 18.0 Å². The lowest BCUT2D eigenvalue weighted by molar-refractivity contribution is 0.0813. The predicted molar refractivity (Wildman–Crippen MR) is 124 cm³/mol. The summed E-state index contributed by atoms with van der Waals surface area (Å²) in [4.78, 5) is 2.44. The van der Waals surface area contributed by atoms with Crippen LogP contribution >= 0.6 is 0 Å². The van der Waals surface area contributed by atoms with Crippen molar-refractivity contribution in [1.29, 1.82) is 0 Å². The lowest BCUT2D eigenvalue weighted by atomic mass is 10.00. The maximum Gasteiger partial charge on any atom is 0.123 e. The highest BCUT2D eigenvalue weighted by atomic mass is 19.1. The molecule has 3 aromatic rings. The third kappa shape index (κ3) is 5.69. The van der Waals surface area contributed by atoms with Crippen LogP contribution < -0.4 is 0 Å². The Labute approximate surface area is 185 Å². The Morgan fingerprint density at radius 2 is 1.45 bits per heavy atom. The van der Waals surface area contributed by atoms with Crippen LogP contribution in [0.1, 0.15) is 48.6 Å². The minimum atomic E-state index is -0.180. The first-order chi connectivity index (χ1) is 15.2. The summed E-state index contributed by atoms with van der Waals surface area (Å²) in [5.74, 6) is -0.180. The molecule has 1 aliphatic heterocycles. The summed E-state index contributed by atoms with van der Waals surface area (Å²) >= 11 is 0. The molecule has 2 nitrogen and oxygen atoms in total. The van der Waals surface area contributed by atoms with Gasteiger partial charge in [-0.2, -0.15) is 0 Å². The molecule has 31 heavy (non-hydrogen) atoms. The van der Waals surface area contributed by atoms with Crippen LogP contribution in [0.5, 0.6) is 0 Å². The molecule has 1 heterocycles. The molecule has 0 aliphatic carbocycles. The average molecular weight is 416 g/mol. The number of hydrogen-bond acceptors (Lipinski definition) is 2. The smallest absolute Gasteiger partial charge is 0.123 e. The van der Waals surface area contributed by atoms with Gasteiger partial charge in [-0.1, -0.05) is 84.4 Å². The van der Waals surface area contributed by atoms with Gasteiger partial charge >= 0.3 is 0 Å². The van der Waals surface area contributed by atoms with E-state index in [1.165, 1.54) is 16.7 Å². The molecule has 3 aromatic carbocycles. The summed E-state index contributed by atoms with van der Waals surface area (Å²) in [6.07, 6.45) is 4.31. The van der Waals surface area contributed by atoms with E-state index in [0.717, 1.165) is 31.5 Å². The molecule has 0 fully saturated rings. The Morgan fingerprint density at radius 3 is 2.00 bits per heavy atom. The van der Waals surface area contributed by atoms with Gasteiger partial charge in [-0.15, -0.1) is 0 Å². The van der Waals surface area contributed by atoms with E-state index in [4.69, 9.17) is 4.74 Å². The van der Waals surface area contributed by atoms with E-state index >= 15 is 0 Å². The first-order valence-corrected chi connectivity index (χ1v) is 11.1. The molecule has 160 valence electrons. The molecular weight excluding hydrogens is 385 g/mol. The Morgan fingerprint density at radius 1 is 0.839 bits per heavy atom. The standard InChI is InChI=1S/C28H30FNO/c1-22(24-12-14-27(29)15-13-24)30-19-16-23(17-20-30)18-21-31-28(25-8-4-2-5-9-25)26-10-6-3-7-11-26/h2-16,22,28H,17-21H2,1H3. The van der Waals surface area contributed by atoms with Crippen LogP contribution in [-0.2, 0) is 4.74 Å². The normalized spacial score (nSPS) is 15.6. The minimum absolute atomic E-state index is 0.0402. The third-order valence-corrected chi connectivity index (χ3v) is 6.15. The molecule has 4 rings (SSSR count). The Kier molecular flexibility index (Phi) is 7.29. The molecule has 0 amide bonds. The van der Waals surface area contributed by atoms with Gasteiger partial charge in [0.15, 0.2) is 0 Å². The lowest BCUT2D eigenvalue weighted by Crippen LogP contribution is -2.31. The number of rotatable bonds is 8. The first-order valence-electron chi connectivity index (χ1n) is 11.1. The second-order valence-corrected chi connectivity index (χ2v) is 8.16. The first kappa shape index (κ1) is 21.5. The number of benzene rings is 3. The van der Waals surface area contributed by atoms with Crippen LogP contribution in [0.2, 0.25) is 0 Å². The summed E-state index contributed by atoms with van der Waals surface area (Å²) in [5.41, 5.74) is 4.99. The van der Waals surface area contributed by atoms with Crippen molar-refractivity contribution < 1.29 is 9.13 Å². The Hall–Kier alpha value is -2.75. The van der Waals surface area contributed by atoms with E-state index in [1.54, 1.807) is 12.1 Å². The Balaban J connectivity index is 1.33. The largest absolute Gasteiger partial charge is 0.368 e. The topological polar surface area (TPSA) is 12.5 Å². The maximum atomic E-state index is 13.2. The summed E-state index contributed by atoms with van der Waals surface area (Å²) < 4.78 is 19.6. The van der Waals surface area contributed by atoms with Crippen LogP contribution in [0.25, 0.3) is 0 Å². The second-order valence-electron chi connectivity index (χ2n) is 8.16. The van der Waals surface area contributed by atoms with Gasteiger partial charge in [0, 0.05) is 19.1 Å². The number of nitrogens with zero attached hydrogens (tertiary/aromatic N) is 1. The number of ether oxygens (including phenoxy) is 1. The van der Waals surface area contributed by atoms with Crippen LogP contribution in [0.15, 0.2) is 96.6 Å². The van der Waals surface area contributed by atoms with Gasteiger partial charge < -0.3 is 4.74 Å². The maximum absolute atomic E-state index is 13.2. The number of hydrogen-bond donors (Lipinski definition) is 0. The van der Waals surface area contributed by atoms with Gasteiger partial charge in [0.25, 0.3) is 0 Å². The van der Waals surface area contributed by atoms with Crippen LogP contribution in [-0.4, -0.2) is 24.6 Å². The average Bonchev–Trinajstić information content (AvgIpc) is 2.83. The summed E-state index contributed by atoms with van der Waals surface area (Å²) in [5, 5.41) is 0. The quantitative estimate of drug-likeness (QED) is 0.379. The molecule has 0 aromatic heterocycles. The molecule has 1 aliphatic rings. The van der Waals surface area contributed by atoms with Crippen LogP contribution in [0.3, 0.4) is 0 Å². The summed E-state index contributed by atoms with van der Waals surface area (Å²) in [7, 11) is 0. The zero-order chi connectivity index (χ0) is 21.5. The second kappa shape index (κ2) is 10.5. The molecule has 0 saturated carbocycles. The van der Waals surface area contributed by atoms with Crippen molar-refractivity contribution in [2.45, 2.75) is 31.9 Å². The van der Waals surface area contributed by atoms with Crippen LogP contribution in [0.4, 0.5) is 4.39 Å². The van der Waals surface area contributed by atoms with Gasteiger partial charge in [-0.25, -0.2) is 4.39 Å². The molecule has 0 bridgehead atoms. The van der Waals surface area contributed by atoms with Crippen molar-refractivity contribution in [3.05, 3.63) is 119 Å². The molecule has 1 atom stereocenters. The van der Waals surface area contributed by atoms with Gasteiger partial charge in [0.05, 0.1) is 6.61 Å². The van der Waals surface area contributed by atoms with E-state index in [9.17, 15) is 4.39 Å². The van der Waals surface area contributed by atoms with Crippen molar-refractivity contribution in [2.24, 2.45) is 0 Å². The van der Waals surface area contributed by atoms with Crippen molar-refractivity contribution in [1.82, 2.24) is 4.90 Å². The molecule has 0 radical (unpaired) electrons. The molecule has 0 N–H and O–H groups in total. The van der Waals surface area contributed by atoms with E-state index in [2.05, 4.69) is 66.4 Å². The third-order valence-electron chi connectivity index (χ3n) is 6.15. The highest BCUT2D eigenvalue weighted by Crippen LogP contribution is 2.28. The fourth-order valence-corrected chi connectivity index (χ4v) is 4.21. The van der Waals surface area contributed by atoms with E-state index in [0.29, 0.717) is 6.61 Å². The highest BCUT2D eigenvalue weighted by molar-refractivity contribution is 5.30. The fourth-order valence-electron chi connectivity index (χ4n) is 4.21. The van der Waals surface area contributed by atoms with Crippen LogP contribution in [0, 0.1) is 5.82 Å². The SMILES string of the molecule is CC(c1ccc(F)cc1)N1CC=C(CCOC(c2ccccc2)c2ccccc2)CC1. The molecular formula is C28H30FNO. The highest BCUT2D eigenvalue weighted by Gasteiger charge is 2.19. The monoisotopic (exact) mass is 415 g/mol. The lowest BCUT2D eigenvalue weighted by Gasteiger charge is -2.32. The van der Waals surface area contributed by atoms with Gasteiger partial charge in [0.2, 0.25) is 0 Å². The zero-order valence-electron chi connectivity index (χ0n) is 18.1. The fraction of sp³-hybridized carbons (Fsp3) is 0.286. The van der Waals surface area contributed by atoms with Crippen molar-refractivity contribution >= 4 is 0 Å². The number of halogens is 1. The molecule has 0 saturated heterocycles. The molecule has 0 spiro atoms. The van der Waals surface area contributed by atoms with Crippen molar-refractivity contribution in [3.63, 3.8) is 0 Å². The minimum Gasteiger partial charge on any atom is -0.368 e. The molecule has 3 heteroatoms. The zero-order valence-corrected chi connectivity index (χ0v) is 18.1. The Bertz CT molecular complexity index is 929. The predicted octanol–water partition coefficient (Wildman–Crippen LogP) is 6.72. The van der Waals surface area contributed by atoms with Crippen molar-refractivity contribution in [2.75, 3.05) is 19.7 Å². The van der Waals surface area contributed by atoms with Crippen molar-refractivity contribution in [3.8, 4) is 0 Å². The van der Waals surface area contributed by atoms with E-state index in [1.807, 2.05) is 24.3 Å². The summed E-state index contributed by atoms with van der Waals surface area (Å²) in [6.45, 7) is 4.84.